The first-order chi connectivity index (χ1) is 25.1. The topological polar surface area (TPSA) is 219 Å². The summed E-state index contributed by atoms with van der Waals surface area (Å²) in [5.74, 6) is -0.699. The molecule has 3 atom stereocenters. The second kappa shape index (κ2) is 22.7. The smallest absolute Gasteiger partial charge is 0.408 e. The highest BCUT2D eigenvalue weighted by Crippen LogP contribution is 2.28. The Hall–Kier alpha value is -5.06. The van der Waals surface area contributed by atoms with E-state index in [9.17, 15) is 19.2 Å². The van der Waals surface area contributed by atoms with Gasteiger partial charge in [-0.1, -0.05) is 68.4 Å². The zero-order valence-electron chi connectivity index (χ0n) is 30.0. The van der Waals surface area contributed by atoms with Crippen molar-refractivity contribution in [2.24, 2.45) is 11.1 Å². The highest BCUT2D eigenvalue weighted by molar-refractivity contribution is 5.86. The van der Waals surface area contributed by atoms with Gasteiger partial charge in [-0.05, 0) is 37.3 Å². The minimum atomic E-state index is -1.00. The largest absolute Gasteiger partial charge is 0.445 e. The van der Waals surface area contributed by atoms with E-state index in [-0.39, 0.29) is 51.2 Å². The van der Waals surface area contributed by atoms with Gasteiger partial charge in [0.25, 0.3) is 0 Å². The summed E-state index contributed by atoms with van der Waals surface area (Å²) in [6.45, 7) is 7.92. The summed E-state index contributed by atoms with van der Waals surface area (Å²) in [4.78, 5) is 49.2. The van der Waals surface area contributed by atoms with Crippen LogP contribution in [0, 0.1) is 5.41 Å². The number of hydrogen-bond donors (Lipinski definition) is 4. The van der Waals surface area contributed by atoms with Gasteiger partial charge in [-0.3, -0.25) is 14.4 Å². The number of benzene rings is 2. The van der Waals surface area contributed by atoms with Crippen LogP contribution in [0.3, 0.4) is 0 Å². The second-order valence-electron chi connectivity index (χ2n) is 12.2. The van der Waals surface area contributed by atoms with E-state index < -0.39 is 29.4 Å². The maximum Gasteiger partial charge on any atom is 0.408 e. The number of rotatable bonds is 24. The zero-order valence-corrected chi connectivity index (χ0v) is 30.0. The van der Waals surface area contributed by atoms with Gasteiger partial charge in [-0.25, -0.2) is 4.79 Å². The van der Waals surface area contributed by atoms with Crippen LogP contribution < -0.4 is 21.7 Å². The zero-order chi connectivity index (χ0) is 37.6. The lowest BCUT2D eigenvalue weighted by Crippen LogP contribution is -2.48. The van der Waals surface area contributed by atoms with Crippen LogP contribution in [0.15, 0.2) is 60.9 Å². The minimum Gasteiger partial charge on any atom is -0.445 e. The van der Waals surface area contributed by atoms with Gasteiger partial charge in [0.05, 0.1) is 32.5 Å². The molecule has 1 aromatic heterocycles. The van der Waals surface area contributed by atoms with Gasteiger partial charge in [0.1, 0.15) is 12.6 Å². The lowest BCUT2D eigenvalue weighted by atomic mass is 9.83. The second-order valence-corrected chi connectivity index (χ2v) is 12.2. The molecular weight excluding hydrogens is 672 g/mol. The molecule has 4 amide bonds. The van der Waals surface area contributed by atoms with E-state index in [0.717, 1.165) is 16.7 Å². The normalized spacial score (nSPS) is 13.3. The molecule has 0 aliphatic carbocycles. The molecule has 0 spiro atoms. The molecule has 0 fully saturated rings. The first-order valence-electron chi connectivity index (χ1n) is 17.3. The summed E-state index contributed by atoms with van der Waals surface area (Å²) in [5, 5.41) is 23.6. The Labute approximate surface area is 303 Å². The number of alkyl carbamates (subject to hydrolysis) is 1. The van der Waals surface area contributed by atoms with Crippen molar-refractivity contribution >= 4 is 23.8 Å². The predicted molar refractivity (Wildman–Crippen MR) is 190 cm³/mol. The fourth-order valence-corrected chi connectivity index (χ4v) is 4.83. The van der Waals surface area contributed by atoms with Crippen molar-refractivity contribution in [1.82, 2.24) is 36.3 Å². The number of nitrogens with one attached hydrogen (secondary N) is 3. The van der Waals surface area contributed by atoms with Crippen LogP contribution in [0.5, 0.6) is 0 Å². The molecule has 2 aromatic carbocycles. The Bertz CT molecular complexity index is 1520. The van der Waals surface area contributed by atoms with Crippen LogP contribution in [0.25, 0.3) is 11.4 Å². The number of amides is 4. The Morgan fingerprint density at radius 2 is 1.52 bits per heavy atom. The lowest BCUT2D eigenvalue weighted by Gasteiger charge is -2.27. The molecule has 16 nitrogen and oxygen atoms in total. The Kier molecular flexibility index (Phi) is 18.1. The Morgan fingerprint density at radius 1 is 0.865 bits per heavy atom. The summed E-state index contributed by atoms with van der Waals surface area (Å²) in [7, 11) is 0. The van der Waals surface area contributed by atoms with Gasteiger partial charge in [0.2, 0.25) is 23.5 Å². The number of primary amides is 1. The molecule has 52 heavy (non-hydrogen) atoms. The quantitative estimate of drug-likeness (QED) is 0.0981. The minimum absolute atomic E-state index is 0.0236. The molecule has 3 unspecified atom stereocenters. The molecular formula is C36H50N8O8. The van der Waals surface area contributed by atoms with Crippen molar-refractivity contribution in [2.45, 2.75) is 65.2 Å². The Balaban J connectivity index is 1.25. The molecule has 0 saturated heterocycles. The number of aromatic nitrogens is 4. The molecule has 16 heteroatoms. The lowest BCUT2D eigenvalue weighted by molar-refractivity contribution is -0.132. The first-order valence-corrected chi connectivity index (χ1v) is 17.3. The third kappa shape index (κ3) is 15.0. The molecule has 0 radical (unpaired) electrons. The third-order valence-corrected chi connectivity index (χ3v) is 8.35. The monoisotopic (exact) mass is 722 g/mol. The van der Waals surface area contributed by atoms with Crippen molar-refractivity contribution < 1.29 is 38.1 Å². The summed E-state index contributed by atoms with van der Waals surface area (Å²) in [6, 6.07) is 15.8. The maximum atomic E-state index is 13.0. The van der Waals surface area contributed by atoms with Crippen LogP contribution in [0.1, 0.15) is 63.7 Å². The number of carbonyl (C=O) groups is 4. The van der Waals surface area contributed by atoms with E-state index in [2.05, 4.69) is 36.3 Å². The predicted octanol–water partition coefficient (Wildman–Crippen LogP) is 2.64. The number of ether oxygens (including phenoxy) is 4. The fourth-order valence-electron chi connectivity index (χ4n) is 4.83. The van der Waals surface area contributed by atoms with Gasteiger partial charge in [0.15, 0.2) is 6.33 Å². The summed E-state index contributed by atoms with van der Waals surface area (Å²) in [6.07, 6.45) is 1.47. The average Bonchev–Trinajstić information content (AvgIpc) is 3.16. The number of nitrogens with zero attached hydrogens (tertiary/aromatic N) is 4. The maximum absolute atomic E-state index is 13.0. The fraction of sp³-hybridized carbons (Fsp3) is 0.500. The third-order valence-electron chi connectivity index (χ3n) is 8.35. The number of hydrogen-bond acceptors (Lipinski definition) is 12. The number of carbonyl (C=O) groups excluding carboxylic acids is 4. The molecule has 3 aromatic rings. The molecule has 0 aliphatic heterocycles. The van der Waals surface area contributed by atoms with Crippen molar-refractivity contribution in [1.29, 1.82) is 0 Å². The van der Waals surface area contributed by atoms with E-state index in [4.69, 9.17) is 24.7 Å². The first kappa shape index (κ1) is 41.4. The van der Waals surface area contributed by atoms with Crippen LogP contribution in [-0.4, -0.2) is 96.4 Å². The van der Waals surface area contributed by atoms with Gasteiger partial charge >= 0.3 is 6.09 Å². The van der Waals surface area contributed by atoms with E-state index >= 15 is 0 Å². The van der Waals surface area contributed by atoms with Gasteiger partial charge in [0, 0.05) is 37.1 Å². The van der Waals surface area contributed by atoms with E-state index in [1.165, 1.54) is 6.33 Å². The standard InChI is InChI=1S/C36H50N8O8/c1-4-36(3,16-19-51-26(2)28-10-12-29(13-11-28)32-43-40-25-41-44-32)34(47)39-18-21-50-23-22-49-20-17-38-33(46)30(14-15-31(37)45)42-35(48)52-24-27-8-6-5-7-9-27/h5-13,25-26,30H,4,14-24H2,1-3H3,(H2,37,45)(H,38,46)(H,39,47)(H,42,48). The van der Waals surface area contributed by atoms with Crippen LogP contribution in [0.2, 0.25) is 0 Å². The SMILES string of the molecule is CCC(C)(CCOC(C)c1ccc(-c2nncnn2)cc1)C(=O)NCCOCCOCCNC(=O)C(CCC(N)=O)NC(=O)OCc1ccccc1. The molecule has 0 saturated carbocycles. The molecule has 1 heterocycles. The van der Waals surface area contributed by atoms with E-state index in [1.54, 1.807) is 12.1 Å². The molecule has 282 valence electrons. The van der Waals surface area contributed by atoms with E-state index in [1.807, 2.05) is 63.2 Å². The molecule has 5 N–H and O–H groups in total. The van der Waals surface area contributed by atoms with E-state index in [0.29, 0.717) is 45.0 Å². The van der Waals surface area contributed by atoms with Crippen LogP contribution in [-0.2, 0) is 39.9 Å². The number of nitrogens with two attached hydrogens (primary N) is 1. The van der Waals surface area contributed by atoms with Crippen LogP contribution in [0.4, 0.5) is 4.79 Å². The Morgan fingerprint density at radius 3 is 2.15 bits per heavy atom. The van der Waals surface area contributed by atoms with Crippen molar-refractivity contribution in [3.8, 4) is 11.4 Å². The highest BCUT2D eigenvalue weighted by Gasteiger charge is 2.31. The summed E-state index contributed by atoms with van der Waals surface area (Å²) >= 11 is 0. The summed E-state index contributed by atoms with van der Waals surface area (Å²) < 4.78 is 22.3. The highest BCUT2D eigenvalue weighted by atomic mass is 16.5. The van der Waals surface area contributed by atoms with Crippen molar-refractivity contribution in [3.63, 3.8) is 0 Å². The summed E-state index contributed by atoms with van der Waals surface area (Å²) in [5.41, 5.74) is 7.22. The van der Waals surface area contributed by atoms with Crippen LogP contribution >= 0.6 is 0 Å². The van der Waals surface area contributed by atoms with Gasteiger partial charge < -0.3 is 40.6 Å². The average molecular weight is 723 g/mol. The van der Waals surface area contributed by atoms with Crippen molar-refractivity contribution in [2.75, 3.05) is 46.1 Å². The molecule has 3 rings (SSSR count). The molecule has 0 aliphatic rings. The van der Waals surface area contributed by atoms with Crippen molar-refractivity contribution in [3.05, 3.63) is 72.1 Å². The van der Waals surface area contributed by atoms with Gasteiger partial charge in [-0.2, -0.15) is 0 Å². The molecule has 0 bridgehead atoms. The van der Waals surface area contributed by atoms with Gasteiger partial charge in [-0.15, -0.1) is 20.4 Å².